The maximum absolute atomic E-state index is 14.7. The van der Waals surface area contributed by atoms with Gasteiger partial charge in [0.15, 0.2) is 0 Å². The standard InChI is InChI=1S/C33H38N2O3/c1-3-34(4-2)24-18-16-23(17-19-24)31-27-13-9-10-20-33(27,37)21-22-35(31)32(36)30-25-11-5-7-14-28(25)38-29-15-8-6-12-26(29)30/h5-8,11-12,14-19,27,30-31,37H,3-4,9-10,13,20-22H2,1-2H3/t27-,31-,33+/m0/s1. The summed E-state index contributed by atoms with van der Waals surface area (Å²) in [6, 6.07) is 24.4. The number of nitrogens with zero attached hydrogens (tertiary/aromatic N) is 2. The van der Waals surface area contributed by atoms with Crippen molar-refractivity contribution in [2.75, 3.05) is 24.5 Å². The molecule has 3 atom stereocenters. The monoisotopic (exact) mass is 510 g/mol. The average molecular weight is 511 g/mol. The van der Waals surface area contributed by atoms with Crippen molar-refractivity contribution in [2.45, 2.75) is 63.5 Å². The first kappa shape index (κ1) is 25.0. The van der Waals surface area contributed by atoms with Gasteiger partial charge in [0.25, 0.3) is 0 Å². The van der Waals surface area contributed by atoms with E-state index in [-0.39, 0.29) is 17.9 Å². The van der Waals surface area contributed by atoms with Crippen molar-refractivity contribution in [3.8, 4) is 11.5 Å². The molecule has 1 amide bonds. The van der Waals surface area contributed by atoms with Gasteiger partial charge in [0.1, 0.15) is 11.5 Å². The lowest BCUT2D eigenvalue weighted by Crippen LogP contribution is -2.57. The van der Waals surface area contributed by atoms with Gasteiger partial charge >= 0.3 is 0 Å². The van der Waals surface area contributed by atoms with E-state index in [0.717, 1.165) is 67.0 Å². The van der Waals surface area contributed by atoms with Crippen LogP contribution in [0, 0.1) is 5.92 Å². The molecule has 1 saturated heterocycles. The Morgan fingerprint density at radius 1 is 0.921 bits per heavy atom. The van der Waals surface area contributed by atoms with E-state index in [0.29, 0.717) is 13.0 Å². The number of piperidine rings is 1. The minimum absolute atomic E-state index is 0.0265. The Bertz CT molecular complexity index is 1260. The third-order valence-electron chi connectivity index (χ3n) is 9.14. The highest BCUT2D eigenvalue weighted by Gasteiger charge is 2.51. The van der Waals surface area contributed by atoms with Crippen LogP contribution in [0.3, 0.4) is 0 Å². The number of likely N-dealkylation sites (tertiary alicyclic amines) is 1. The van der Waals surface area contributed by atoms with Crippen LogP contribution in [0.4, 0.5) is 5.69 Å². The van der Waals surface area contributed by atoms with E-state index in [1.54, 1.807) is 0 Å². The summed E-state index contributed by atoms with van der Waals surface area (Å²) in [4.78, 5) is 19.1. The third kappa shape index (κ3) is 4.17. The van der Waals surface area contributed by atoms with E-state index in [1.807, 2.05) is 48.5 Å². The van der Waals surface area contributed by atoms with Crippen molar-refractivity contribution in [3.63, 3.8) is 0 Å². The lowest BCUT2D eigenvalue weighted by Gasteiger charge is -2.53. The van der Waals surface area contributed by atoms with Crippen LogP contribution in [-0.4, -0.2) is 41.1 Å². The minimum atomic E-state index is -0.720. The molecule has 5 heteroatoms. The van der Waals surface area contributed by atoms with Crippen molar-refractivity contribution in [1.82, 2.24) is 4.90 Å². The number of hydrogen-bond donors (Lipinski definition) is 1. The Balaban J connectivity index is 1.42. The van der Waals surface area contributed by atoms with Crippen molar-refractivity contribution < 1.29 is 14.6 Å². The molecule has 1 N–H and O–H groups in total. The molecule has 2 fully saturated rings. The van der Waals surface area contributed by atoms with E-state index in [2.05, 4.69) is 47.9 Å². The molecule has 6 rings (SSSR count). The molecule has 0 unspecified atom stereocenters. The second-order valence-electron chi connectivity index (χ2n) is 11.1. The van der Waals surface area contributed by atoms with Gasteiger partial charge in [0.2, 0.25) is 5.91 Å². The van der Waals surface area contributed by atoms with Crippen molar-refractivity contribution in [2.24, 2.45) is 5.92 Å². The number of amides is 1. The van der Waals surface area contributed by atoms with Crippen LogP contribution in [0.2, 0.25) is 0 Å². The van der Waals surface area contributed by atoms with E-state index >= 15 is 0 Å². The molecule has 0 bridgehead atoms. The highest BCUT2D eigenvalue weighted by atomic mass is 16.5. The predicted octanol–water partition coefficient (Wildman–Crippen LogP) is 6.67. The van der Waals surface area contributed by atoms with Gasteiger partial charge in [0, 0.05) is 42.4 Å². The molecule has 0 radical (unpaired) electrons. The van der Waals surface area contributed by atoms with Gasteiger partial charge in [-0.3, -0.25) is 4.79 Å². The summed E-state index contributed by atoms with van der Waals surface area (Å²) in [6.07, 6.45) is 4.52. The number of aliphatic hydroxyl groups is 1. The van der Waals surface area contributed by atoms with Crippen LogP contribution in [-0.2, 0) is 4.79 Å². The second kappa shape index (κ2) is 10.1. The zero-order chi connectivity index (χ0) is 26.3. The van der Waals surface area contributed by atoms with Crippen molar-refractivity contribution >= 4 is 11.6 Å². The molecule has 3 aromatic carbocycles. The number of carbonyl (C=O) groups excluding carboxylic acids is 1. The maximum Gasteiger partial charge on any atom is 0.235 e. The fourth-order valence-electron chi connectivity index (χ4n) is 7.15. The van der Waals surface area contributed by atoms with Gasteiger partial charge in [0.05, 0.1) is 17.6 Å². The summed E-state index contributed by atoms with van der Waals surface area (Å²) in [5.41, 5.74) is 3.42. The van der Waals surface area contributed by atoms with Gasteiger partial charge in [-0.05, 0) is 62.9 Å². The lowest BCUT2D eigenvalue weighted by atomic mass is 9.65. The van der Waals surface area contributed by atoms with Crippen molar-refractivity contribution in [3.05, 3.63) is 89.5 Å². The summed E-state index contributed by atoms with van der Waals surface area (Å²) in [5, 5.41) is 11.8. The number of fused-ring (bicyclic) bond motifs is 3. The van der Waals surface area contributed by atoms with Gasteiger partial charge in [-0.15, -0.1) is 0 Å². The molecular weight excluding hydrogens is 472 g/mol. The number of anilines is 1. The van der Waals surface area contributed by atoms with Crippen LogP contribution in [0.5, 0.6) is 11.5 Å². The topological polar surface area (TPSA) is 53.0 Å². The minimum Gasteiger partial charge on any atom is -0.457 e. The molecule has 3 aromatic rings. The molecule has 0 spiro atoms. The molecule has 38 heavy (non-hydrogen) atoms. The summed E-state index contributed by atoms with van der Waals surface area (Å²) in [5.74, 6) is 1.19. The first-order valence-corrected chi connectivity index (χ1v) is 14.3. The quantitative estimate of drug-likeness (QED) is 0.417. The molecular formula is C33H38N2O3. The molecule has 2 aliphatic heterocycles. The first-order chi connectivity index (χ1) is 18.5. The zero-order valence-electron chi connectivity index (χ0n) is 22.5. The molecule has 3 aliphatic rings. The van der Waals surface area contributed by atoms with Gasteiger partial charge in [-0.1, -0.05) is 61.4 Å². The molecule has 198 valence electrons. The second-order valence-corrected chi connectivity index (χ2v) is 11.1. The maximum atomic E-state index is 14.7. The van der Waals surface area contributed by atoms with Crippen LogP contribution < -0.4 is 9.64 Å². The average Bonchev–Trinajstić information content (AvgIpc) is 2.95. The van der Waals surface area contributed by atoms with E-state index in [4.69, 9.17) is 4.74 Å². The number of ether oxygens (including phenoxy) is 1. The number of hydrogen-bond acceptors (Lipinski definition) is 4. The highest BCUT2D eigenvalue weighted by Crippen LogP contribution is 2.52. The van der Waals surface area contributed by atoms with Crippen LogP contribution in [0.15, 0.2) is 72.8 Å². The third-order valence-corrected chi connectivity index (χ3v) is 9.14. The highest BCUT2D eigenvalue weighted by molar-refractivity contribution is 5.90. The summed E-state index contributed by atoms with van der Waals surface area (Å²) in [7, 11) is 0. The largest absolute Gasteiger partial charge is 0.457 e. The van der Waals surface area contributed by atoms with Crippen molar-refractivity contribution in [1.29, 1.82) is 0 Å². The van der Waals surface area contributed by atoms with Gasteiger partial charge in [-0.25, -0.2) is 0 Å². The molecule has 0 aromatic heterocycles. The number of carbonyl (C=O) groups is 1. The Hall–Kier alpha value is -3.31. The Morgan fingerprint density at radius 2 is 1.55 bits per heavy atom. The Labute approximate surface area is 226 Å². The van der Waals surface area contributed by atoms with Gasteiger partial charge in [-0.2, -0.15) is 0 Å². The Morgan fingerprint density at radius 3 is 2.18 bits per heavy atom. The van der Waals surface area contributed by atoms with E-state index < -0.39 is 11.5 Å². The van der Waals surface area contributed by atoms with Gasteiger partial charge < -0.3 is 19.6 Å². The predicted molar refractivity (Wildman–Crippen MR) is 151 cm³/mol. The lowest BCUT2D eigenvalue weighted by molar-refractivity contribution is -0.156. The number of para-hydroxylation sites is 2. The normalized spacial score (nSPS) is 24.6. The smallest absolute Gasteiger partial charge is 0.235 e. The summed E-state index contributed by atoms with van der Waals surface area (Å²) in [6.45, 7) is 6.80. The number of benzene rings is 3. The molecule has 5 nitrogen and oxygen atoms in total. The fourth-order valence-corrected chi connectivity index (χ4v) is 7.15. The Kier molecular flexibility index (Phi) is 6.65. The molecule has 1 aliphatic carbocycles. The molecule has 2 heterocycles. The fraction of sp³-hybridized carbons (Fsp3) is 0.424. The van der Waals surface area contributed by atoms with Crippen LogP contribution in [0.1, 0.15) is 74.6 Å². The van der Waals surface area contributed by atoms with E-state index in [1.165, 1.54) is 5.69 Å². The SMILES string of the molecule is CCN(CC)c1ccc([C@H]2[C@@H]3CCCC[C@@]3(O)CCN2C(=O)C2c3ccccc3Oc3ccccc32)cc1. The summed E-state index contributed by atoms with van der Waals surface area (Å²) < 4.78 is 6.20. The zero-order valence-corrected chi connectivity index (χ0v) is 22.5. The molecule has 1 saturated carbocycles. The van der Waals surface area contributed by atoms with E-state index in [9.17, 15) is 9.90 Å². The van der Waals surface area contributed by atoms with Crippen LogP contribution in [0.25, 0.3) is 0 Å². The summed E-state index contributed by atoms with van der Waals surface area (Å²) >= 11 is 0. The van der Waals surface area contributed by atoms with Crippen LogP contribution >= 0.6 is 0 Å². The number of rotatable bonds is 5. The first-order valence-electron chi connectivity index (χ1n) is 14.3.